The number of methoxy groups -OCH3 is 1. The van der Waals surface area contributed by atoms with Gasteiger partial charge in [-0.15, -0.1) is 0 Å². The monoisotopic (exact) mass is 448 g/mol. The van der Waals surface area contributed by atoms with Crippen LogP contribution in [0, 0.1) is 6.92 Å². The number of ether oxygens (including phenoxy) is 2. The lowest BCUT2D eigenvalue weighted by Gasteiger charge is -2.22. The first-order valence-electron chi connectivity index (χ1n) is 10.2. The van der Waals surface area contributed by atoms with E-state index in [9.17, 15) is 0 Å². The molecule has 0 aliphatic carbocycles. The van der Waals surface area contributed by atoms with Crippen molar-refractivity contribution in [2.24, 2.45) is 0 Å². The molecule has 1 aromatic carbocycles. The lowest BCUT2D eigenvalue weighted by molar-refractivity contribution is 0.0388. The molecular weight excluding hydrogens is 428 g/mol. The summed E-state index contributed by atoms with van der Waals surface area (Å²) in [5.74, 6) is 2.12. The highest BCUT2D eigenvalue weighted by Gasteiger charge is 2.26. The summed E-state index contributed by atoms with van der Waals surface area (Å²) in [5, 5.41) is 5.06. The van der Waals surface area contributed by atoms with E-state index in [2.05, 4.69) is 15.1 Å². The standard InChI is InChI=1S/C23H21ClN6O2/c1-15-13-29(14-26-15)18-6-3-16(11-19(18)31-2)4-8-21-27-23-22(32-10-9-30(23)28-21)17-5-7-20(24)25-12-17/h3-8,11-14,22H,9-10H2,1-2H3/t22-/m0/s1. The SMILES string of the molecule is COc1cc(C=Cc2nc3n(n2)CCO[C@H]3c2ccc(Cl)nc2)ccc1-n1cnc(C)c1. The molecule has 0 saturated carbocycles. The topological polar surface area (TPSA) is 79.9 Å². The number of benzene rings is 1. The highest BCUT2D eigenvalue weighted by Crippen LogP contribution is 2.29. The van der Waals surface area contributed by atoms with Crippen molar-refractivity contribution < 1.29 is 9.47 Å². The molecule has 0 fully saturated rings. The molecule has 32 heavy (non-hydrogen) atoms. The fourth-order valence-electron chi connectivity index (χ4n) is 3.66. The van der Waals surface area contributed by atoms with Crippen LogP contribution in [0.2, 0.25) is 5.15 Å². The first kappa shape index (κ1) is 20.4. The highest BCUT2D eigenvalue weighted by molar-refractivity contribution is 6.29. The van der Waals surface area contributed by atoms with Crippen LogP contribution in [0.3, 0.4) is 0 Å². The molecule has 162 valence electrons. The molecule has 0 N–H and O–H groups in total. The van der Waals surface area contributed by atoms with E-state index < -0.39 is 0 Å². The van der Waals surface area contributed by atoms with Crippen LogP contribution in [0.25, 0.3) is 17.8 Å². The predicted octanol–water partition coefficient (Wildman–Crippen LogP) is 4.12. The van der Waals surface area contributed by atoms with Crippen LogP contribution in [0.5, 0.6) is 5.75 Å². The molecular formula is C23H21ClN6O2. The van der Waals surface area contributed by atoms with Crippen molar-refractivity contribution in [1.82, 2.24) is 29.3 Å². The van der Waals surface area contributed by atoms with Gasteiger partial charge in [0.1, 0.15) is 17.0 Å². The Morgan fingerprint density at radius 2 is 2.09 bits per heavy atom. The van der Waals surface area contributed by atoms with Crippen molar-refractivity contribution in [2.45, 2.75) is 19.6 Å². The molecule has 0 saturated heterocycles. The van der Waals surface area contributed by atoms with Crippen LogP contribution in [0.15, 0.2) is 49.1 Å². The van der Waals surface area contributed by atoms with E-state index in [-0.39, 0.29) is 6.10 Å². The third-order valence-electron chi connectivity index (χ3n) is 5.21. The average Bonchev–Trinajstić information content (AvgIpc) is 3.43. The zero-order valence-electron chi connectivity index (χ0n) is 17.6. The van der Waals surface area contributed by atoms with Gasteiger partial charge in [-0.25, -0.2) is 19.6 Å². The molecule has 0 amide bonds. The van der Waals surface area contributed by atoms with E-state index in [0.29, 0.717) is 24.1 Å². The maximum absolute atomic E-state index is 5.94. The van der Waals surface area contributed by atoms with Crippen LogP contribution in [0.4, 0.5) is 0 Å². The third kappa shape index (κ3) is 4.02. The summed E-state index contributed by atoms with van der Waals surface area (Å²) in [6.07, 6.45) is 8.98. The van der Waals surface area contributed by atoms with Crippen LogP contribution in [-0.2, 0) is 11.3 Å². The second-order valence-electron chi connectivity index (χ2n) is 7.40. The minimum atomic E-state index is -0.318. The molecule has 5 rings (SSSR count). The van der Waals surface area contributed by atoms with E-state index in [1.807, 2.05) is 58.8 Å². The Morgan fingerprint density at radius 1 is 1.19 bits per heavy atom. The molecule has 4 heterocycles. The number of hydrogen-bond donors (Lipinski definition) is 0. The molecule has 8 nitrogen and oxygen atoms in total. The molecule has 0 spiro atoms. The zero-order valence-corrected chi connectivity index (χ0v) is 18.4. The smallest absolute Gasteiger partial charge is 0.174 e. The molecule has 0 unspecified atom stereocenters. The van der Waals surface area contributed by atoms with Gasteiger partial charge in [0.05, 0.1) is 38.0 Å². The van der Waals surface area contributed by atoms with Gasteiger partial charge >= 0.3 is 0 Å². The maximum atomic E-state index is 5.94. The number of halogens is 1. The minimum absolute atomic E-state index is 0.318. The fraction of sp³-hybridized carbons (Fsp3) is 0.217. The Balaban J connectivity index is 1.40. The second kappa shape index (κ2) is 8.57. The van der Waals surface area contributed by atoms with Gasteiger partial charge in [-0.3, -0.25) is 0 Å². The van der Waals surface area contributed by atoms with Gasteiger partial charge in [0.2, 0.25) is 0 Å². The number of imidazole rings is 1. The number of hydrogen-bond acceptors (Lipinski definition) is 6. The number of aryl methyl sites for hydroxylation is 1. The molecule has 3 aromatic heterocycles. The second-order valence-corrected chi connectivity index (χ2v) is 7.79. The predicted molar refractivity (Wildman–Crippen MR) is 121 cm³/mol. The lowest BCUT2D eigenvalue weighted by atomic mass is 10.1. The van der Waals surface area contributed by atoms with E-state index >= 15 is 0 Å². The first-order valence-corrected chi connectivity index (χ1v) is 10.5. The normalized spacial score (nSPS) is 15.8. The van der Waals surface area contributed by atoms with Crippen molar-refractivity contribution in [3.8, 4) is 11.4 Å². The summed E-state index contributed by atoms with van der Waals surface area (Å²) < 4.78 is 15.4. The van der Waals surface area contributed by atoms with Crippen molar-refractivity contribution >= 4 is 23.8 Å². The summed E-state index contributed by atoms with van der Waals surface area (Å²) in [4.78, 5) is 13.1. The van der Waals surface area contributed by atoms with E-state index in [1.165, 1.54) is 0 Å². The molecule has 1 aliphatic heterocycles. The summed E-state index contributed by atoms with van der Waals surface area (Å²) in [5.41, 5.74) is 3.75. The summed E-state index contributed by atoms with van der Waals surface area (Å²) in [6, 6.07) is 9.64. The molecule has 1 aliphatic rings. The van der Waals surface area contributed by atoms with Gasteiger partial charge in [0.15, 0.2) is 11.6 Å². The van der Waals surface area contributed by atoms with Gasteiger partial charge in [0, 0.05) is 18.0 Å². The molecule has 9 heteroatoms. The molecule has 0 bridgehead atoms. The van der Waals surface area contributed by atoms with Gasteiger partial charge < -0.3 is 14.0 Å². The quantitative estimate of drug-likeness (QED) is 0.427. The summed E-state index contributed by atoms with van der Waals surface area (Å²) in [6.45, 7) is 3.16. The van der Waals surface area contributed by atoms with Crippen molar-refractivity contribution in [1.29, 1.82) is 0 Å². The fourth-order valence-corrected chi connectivity index (χ4v) is 3.77. The average molecular weight is 449 g/mol. The molecule has 4 aromatic rings. The van der Waals surface area contributed by atoms with E-state index in [1.54, 1.807) is 25.7 Å². The number of nitrogens with zero attached hydrogens (tertiary/aromatic N) is 6. The van der Waals surface area contributed by atoms with Crippen LogP contribution < -0.4 is 4.74 Å². The van der Waals surface area contributed by atoms with E-state index in [0.717, 1.165) is 34.1 Å². The Hall–Kier alpha value is -3.49. The van der Waals surface area contributed by atoms with Crippen LogP contribution >= 0.6 is 11.6 Å². The van der Waals surface area contributed by atoms with Gasteiger partial charge in [-0.05, 0) is 36.8 Å². The van der Waals surface area contributed by atoms with Gasteiger partial charge in [-0.2, -0.15) is 5.10 Å². The maximum Gasteiger partial charge on any atom is 0.174 e. The Kier molecular flexibility index (Phi) is 5.46. The summed E-state index contributed by atoms with van der Waals surface area (Å²) in [7, 11) is 1.66. The number of aromatic nitrogens is 6. The van der Waals surface area contributed by atoms with Crippen LogP contribution in [-0.4, -0.2) is 43.0 Å². The number of pyridine rings is 1. The number of rotatable bonds is 5. The minimum Gasteiger partial charge on any atom is -0.495 e. The Labute approximate surface area is 190 Å². The van der Waals surface area contributed by atoms with Crippen molar-refractivity contribution in [3.63, 3.8) is 0 Å². The van der Waals surface area contributed by atoms with Crippen molar-refractivity contribution in [3.05, 3.63) is 82.7 Å². The Morgan fingerprint density at radius 3 is 2.84 bits per heavy atom. The zero-order chi connectivity index (χ0) is 22.1. The highest BCUT2D eigenvalue weighted by atomic mass is 35.5. The lowest BCUT2D eigenvalue weighted by Crippen LogP contribution is -2.23. The van der Waals surface area contributed by atoms with Crippen LogP contribution in [0.1, 0.15) is 34.6 Å². The first-order chi connectivity index (χ1) is 15.6. The molecule has 1 atom stereocenters. The summed E-state index contributed by atoms with van der Waals surface area (Å²) >= 11 is 5.91. The van der Waals surface area contributed by atoms with Gasteiger partial charge in [-0.1, -0.05) is 29.8 Å². The number of fused-ring (bicyclic) bond motifs is 1. The van der Waals surface area contributed by atoms with Crippen molar-refractivity contribution in [2.75, 3.05) is 13.7 Å². The Bertz CT molecular complexity index is 1280. The van der Waals surface area contributed by atoms with Gasteiger partial charge in [0.25, 0.3) is 0 Å². The molecule has 0 radical (unpaired) electrons. The van der Waals surface area contributed by atoms with E-state index in [4.69, 9.17) is 26.1 Å². The third-order valence-corrected chi connectivity index (χ3v) is 5.43. The largest absolute Gasteiger partial charge is 0.495 e.